The number of hydrogen-bond acceptors (Lipinski definition) is 8. The van der Waals surface area contributed by atoms with Gasteiger partial charge in [0.1, 0.15) is 0 Å². The molecule has 1 fully saturated rings. The van der Waals surface area contributed by atoms with Gasteiger partial charge in [0.05, 0.1) is 32.5 Å². The zero-order valence-corrected chi connectivity index (χ0v) is 20.0. The molecule has 11 heteroatoms. The molecule has 0 saturated carbocycles. The van der Waals surface area contributed by atoms with E-state index in [1.54, 1.807) is 40.8 Å². The number of hydroxylamine groups is 2. The summed E-state index contributed by atoms with van der Waals surface area (Å²) in [6.45, 7) is 6.99. The van der Waals surface area contributed by atoms with Gasteiger partial charge in [-0.25, -0.2) is 0 Å². The molecule has 8 nitrogen and oxygen atoms in total. The molecule has 1 aromatic carbocycles. The van der Waals surface area contributed by atoms with Crippen LogP contribution in [0.25, 0.3) is 0 Å². The van der Waals surface area contributed by atoms with E-state index in [2.05, 4.69) is 0 Å². The maximum Gasteiger partial charge on any atom is 0.376 e. The van der Waals surface area contributed by atoms with Crippen LogP contribution >= 0.6 is 26.8 Å². The molecular weight excluding hydrogens is 440 g/mol. The second-order valence-corrected chi connectivity index (χ2v) is 11.5. The molecular formula is C18H30ClNO7P2. The highest BCUT2D eigenvalue weighted by Crippen LogP contribution is 2.82. The van der Waals surface area contributed by atoms with Crippen molar-refractivity contribution in [1.29, 1.82) is 0 Å². The maximum absolute atomic E-state index is 14.0. The lowest BCUT2D eigenvalue weighted by atomic mass is 10.0. The monoisotopic (exact) mass is 469 g/mol. The molecule has 0 N–H and O–H groups in total. The number of hydrogen-bond donors (Lipinski definition) is 0. The number of nitrogens with zero attached hydrogens (tertiary/aromatic N) is 1. The summed E-state index contributed by atoms with van der Waals surface area (Å²) in [6.07, 6.45) is -0.0121. The second-order valence-electron chi connectivity index (χ2n) is 6.29. The summed E-state index contributed by atoms with van der Waals surface area (Å²) in [7, 11) is -6.57. The number of benzene rings is 1. The normalized spacial score (nSPS) is 20.3. The van der Waals surface area contributed by atoms with Gasteiger partial charge in [-0.05, 0) is 39.3 Å². The fourth-order valence-electron chi connectivity index (χ4n) is 3.39. The van der Waals surface area contributed by atoms with Crippen molar-refractivity contribution in [1.82, 2.24) is 5.06 Å². The van der Waals surface area contributed by atoms with Gasteiger partial charge in [-0.2, -0.15) is 5.06 Å². The van der Waals surface area contributed by atoms with E-state index in [1.165, 1.54) is 5.06 Å². The van der Waals surface area contributed by atoms with Crippen LogP contribution in [0.2, 0.25) is 5.02 Å². The highest BCUT2D eigenvalue weighted by Gasteiger charge is 2.72. The average molecular weight is 470 g/mol. The Bertz CT molecular complexity index is 728. The summed E-state index contributed by atoms with van der Waals surface area (Å²) in [5.74, 6) is 0. The predicted molar refractivity (Wildman–Crippen MR) is 112 cm³/mol. The molecule has 29 heavy (non-hydrogen) atoms. The molecule has 1 aromatic rings. The molecule has 0 bridgehead atoms. The summed E-state index contributed by atoms with van der Waals surface area (Å²) in [4.78, 5) is 6.06. The Kier molecular flexibility index (Phi) is 8.93. The molecule has 0 aromatic heterocycles. The van der Waals surface area contributed by atoms with Gasteiger partial charge in [0.15, 0.2) is 0 Å². The highest BCUT2D eigenvalue weighted by molar-refractivity contribution is 7.74. The third-order valence-electron chi connectivity index (χ3n) is 4.50. The Labute approximate surface area is 177 Å². The van der Waals surface area contributed by atoms with Crippen molar-refractivity contribution in [2.24, 2.45) is 0 Å². The van der Waals surface area contributed by atoms with Gasteiger partial charge < -0.3 is 18.1 Å². The van der Waals surface area contributed by atoms with Crippen LogP contribution in [0, 0.1) is 0 Å². The Hall–Kier alpha value is -0.270. The summed E-state index contributed by atoms with van der Waals surface area (Å²) in [5, 5.41) is 0.0155. The predicted octanol–water partition coefficient (Wildman–Crippen LogP) is 5.83. The number of halogens is 1. The average Bonchev–Trinajstić information content (AvgIpc) is 3.02. The van der Waals surface area contributed by atoms with E-state index >= 15 is 0 Å². The first-order chi connectivity index (χ1) is 13.7. The van der Waals surface area contributed by atoms with Crippen LogP contribution in [0.15, 0.2) is 24.3 Å². The van der Waals surface area contributed by atoms with Crippen LogP contribution in [-0.2, 0) is 32.1 Å². The molecule has 2 rings (SSSR count). The molecule has 0 amide bonds. The lowest BCUT2D eigenvalue weighted by Crippen LogP contribution is -2.34. The first-order valence-corrected chi connectivity index (χ1v) is 13.1. The Morgan fingerprint density at radius 2 is 1.45 bits per heavy atom. The van der Waals surface area contributed by atoms with Gasteiger partial charge in [0.2, 0.25) is 0 Å². The van der Waals surface area contributed by atoms with Gasteiger partial charge in [0, 0.05) is 18.5 Å². The van der Waals surface area contributed by atoms with E-state index in [4.69, 9.17) is 34.5 Å². The molecule has 1 atom stereocenters. The topological polar surface area (TPSA) is 83.5 Å². The van der Waals surface area contributed by atoms with Gasteiger partial charge in [0.25, 0.3) is 5.08 Å². The highest BCUT2D eigenvalue weighted by atomic mass is 35.5. The summed E-state index contributed by atoms with van der Waals surface area (Å²) in [6, 6.07) is 6.77. The lowest BCUT2D eigenvalue weighted by molar-refractivity contribution is -0.149. The minimum Gasteiger partial charge on any atom is -0.306 e. The van der Waals surface area contributed by atoms with Crippen LogP contribution in [0.1, 0.15) is 45.7 Å². The van der Waals surface area contributed by atoms with E-state index in [0.29, 0.717) is 5.02 Å². The quantitative estimate of drug-likeness (QED) is 0.374. The Morgan fingerprint density at radius 1 is 1.00 bits per heavy atom. The van der Waals surface area contributed by atoms with Crippen LogP contribution in [-0.4, -0.2) is 43.6 Å². The molecule has 1 saturated heterocycles. The van der Waals surface area contributed by atoms with Gasteiger partial charge in [-0.15, -0.1) is 0 Å². The lowest BCUT2D eigenvalue weighted by Gasteiger charge is -2.38. The van der Waals surface area contributed by atoms with Crippen molar-refractivity contribution < 1.29 is 32.1 Å². The van der Waals surface area contributed by atoms with E-state index in [0.717, 1.165) is 5.56 Å². The van der Waals surface area contributed by atoms with E-state index in [1.807, 2.05) is 18.2 Å². The summed E-state index contributed by atoms with van der Waals surface area (Å²) >= 11 is 6.39. The standard InChI is InChI=1S/C18H30ClNO7P2/c1-6-23-28(21,24-7-2)18(29(22,25-8-3)26-9-4)14-17(20(5)27-18)15-12-10-11-13-16(15)19/h10-13,17H,6-9,14H2,1-5H3. The van der Waals surface area contributed by atoms with Crippen LogP contribution < -0.4 is 0 Å². The smallest absolute Gasteiger partial charge is 0.306 e. The molecule has 0 radical (unpaired) electrons. The summed E-state index contributed by atoms with van der Waals surface area (Å²) in [5.41, 5.74) is 0.734. The van der Waals surface area contributed by atoms with Crippen LogP contribution in [0.3, 0.4) is 0 Å². The number of rotatable bonds is 11. The first-order valence-electron chi connectivity index (χ1n) is 9.68. The molecule has 1 heterocycles. The van der Waals surface area contributed by atoms with Crippen molar-refractivity contribution in [3.05, 3.63) is 34.9 Å². The van der Waals surface area contributed by atoms with Crippen molar-refractivity contribution in [3.63, 3.8) is 0 Å². The van der Waals surface area contributed by atoms with E-state index < -0.39 is 26.3 Å². The van der Waals surface area contributed by atoms with Gasteiger partial charge >= 0.3 is 15.2 Å². The van der Waals surface area contributed by atoms with E-state index in [-0.39, 0.29) is 32.8 Å². The largest absolute Gasteiger partial charge is 0.376 e. The first kappa shape index (κ1) is 25.0. The molecule has 1 unspecified atom stereocenters. The Balaban J connectivity index is 2.67. The van der Waals surface area contributed by atoms with Crippen molar-refractivity contribution >= 4 is 26.8 Å². The minimum absolute atomic E-state index is 0.0121. The van der Waals surface area contributed by atoms with Crippen LogP contribution in [0.4, 0.5) is 0 Å². The van der Waals surface area contributed by atoms with Gasteiger partial charge in [-0.3, -0.25) is 14.0 Å². The fourth-order valence-corrected chi connectivity index (χ4v) is 9.12. The maximum atomic E-state index is 14.0. The third kappa shape index (κ3) is 4.67. The summed E-state index contributed by atoms with van der Waals surface area (Å²) < 4.78 is 50.3. The van der Waals surface area contributed by atoms with E-state index in [9.17, 15) is 9.13 Å². The van der Waals surface area contributed by atoms with Gasteiger partial charge in [-0.1, -0.05) is 29.8 Å². The molecule has 0 aliphatic carbocycles. The molecule has 1 aliphatic rings. The zero-order valence-electron chi connectivity index (χ0n) is 17.5. The Morgan fingerprint density at radius 3 is 1.86 bits per heavy atom. The molecule has 166 valence electrons. The third-order valence-corrected chi connectivity index (χ3v) is 11.0. The molecule has 0 spiro atoms. The van der Waals surface area contributed by atoms with Crippen molar-refractivity contribution in [2.45, 2.75) is 45.2 Å². The zero-order chi connectivity index (χ0) is 21.7. The van der Waals surface area contributed by atoms with Crippen molar-refractivity contribution in [3.8, 4) is 0 Å². The van der Waals surface area contributed by atoms with Crippen LogP contribution in [0.5, 0.6) is 0 Å². The second kappa shape index (κ2) is 10.4. The fraction of sp³-hybridized carbons (Fsp3) is 0.667. The minimum atomic E-state index is -4.11. The van der Waals surface area contributed by atoms with Crippen molar-refractivity contribution in [2.75, 3.05) is 33.5 Å². The SMILES string of the molecule is CCOP(=O)(OCC)C1(P(=O)(OCC)OCC)CC(c2ccccc2Cl)N(C)O1. The molecule has 1 aliphatic heterocycles.